The number of aryl methyl sites for hydroxylation is 1. The Morgan fingerprint density at radius 2 is 1.79 bits per heavy atom. The molecule has 0 radical (unpaired) electrons. The molecule has 2 heterocycles. The Morgan fingerprint density at radius 3 is 2.47 bits per heavy atom. The molecule has 1 amide bonds. The van der Waals surface area contributed by atoms with Gasteiger partial charge in [-0.15, -0.1) is 21.5 Å². The number of fused-ring (bicyclic) bond motifs is 1. The Morgan fingerprint density at radius 1 is 1.08 bits per heavy atom. The summed E-state index contributed by atoms with van der Waals surface area (Å²) in [4.78, 5) is 26.8. The van der Waals surface area contributed by atoms with Crippen LogP contribution in [0.3, 0.4) is 0 Å². The molecule has 204 valence electrons. The number of carbonyl (C=O) groups is 2. The van der Waals surface area contributed by atoms with Gasteiger partial charge in [0.15, 0.2) is 17.1 Å². The van der Waals surface area contributed by atoms with Gasteiger partial charge >= 0.3 is 5.97 Å². The highest BCUT2D eigenvalue weighted by atomic mass is 32.2. The molecule has 0 fully saturated rings. The molecule has 1 aliphatic rings. The number of aromatic nitrogens is 3. The molecule has 0 bridgehead atoms. The lowest BCUT2D eigenvalue weighted by Crippen LogP contribution is -2.17. The van der Waals surface area contributed by atoms with Crippen LogP contribution < -0.4 is 14.8 Å². The maximum Gasteiger partial charge on any atom is 0.341 e. The maximum atomic E-state index is 13.0. The number of esters is 1. The van der Waals surface area contributed by atoms with Crippen LogP contribution >= 0.6 is 23.1 Å². The number of benzene rings is 1. The zero-order valence-electron chi connectivity index (χ0n) is 22.2. The van der Waals surface area contributed by atoms with Crippen LogP contribution in [0.1, 0.15) is 72.3 Å². The highest BCUT2D eigenvalue weighted by Crippen LogP contribution is 2.37. The number of nitrogens with one attached hydrogen (secondary N) is 1. The first-order valence-corrected chi connectivity index (χ1v) is 14.6. The van der Waals surface area contributed by atoms with E-state index < -0.39 is 5.97 Å². The summed E-state index contributed by atoms with van der Waals surface area (Å²) in [5.74, 6) is 1.67. The number of rotatable bonds is 10. The molecule has 1 unspecified atom stereocenters. The van der Waals surface area contributed by atoms with Crippen molar-refractivity contribution < 1.29 is 23.8 Å². The molecule has 9 nitrogen and oxygen atoms in total. The molecule has 4 rings (SSSR count). The third-order valence-electron chi connectivity index (χ3n) is 6.44. The molecule has 2 aromatic heterocycles. The Hall–Kier alpha value is -3.05. The van der Waals surface area contributed by atoms with Crippen LogP contribution in [-0.4, -0.2) is 46.6 Å². The van der Waals surface area contributed by atoms with Gasteiger partial charge in [-0.3, -0.25) is 4.79 Å². The predicted molar refractivity (Wildman–Crippen MR) is 149 cm³/mol. The van der Waals surface area contributed by atoms with Crippen molar-refractivity contribution in [3.8, 4) is 11.5 Å². The number of amides is 1. The number of methoxy groups -OCH3 is 2. The standard InChI is InChI=1S/C27H34N4O5S2/c1-5-31-24(17(2)36-19-14-12-18(34-3)13-15-19)29-30-27(31)37-16-22(32)28-25-23(26(33)35-4)20-10-8-6-7-9-11-21(20)38-25/h12-15,17H,5-11,16H2,1-4H3,(H,28,32). The number of hydrogen-bond donors (Lipinski definition) is 1. The number of thioether (sulfide) groups is 1. The fourth-order valence-electron chi connectivity index (χ4n) is 4.53. The molecule has 1 aliphatic carbocycles. The van der Waals surface area contributed by atoms with Gasteiger partial charge in [0.1, 0.15) is 16.5 Å². The maximum absolute atomic E-state index is 13.0. The van der Waals surface area contributed by atoms with Crippen molar-refractivity contribution in [2.45, 2.75) is 70.2 Å². The summed E-state index contributed by atoms with van der Waals surface area (Å²) >= 11 is 2.80. The summed E-state index contributed by atoms with van der Waals surface area (Å²) in [6.07, 6.45) is 5.88. The second-order valence-electron chi connectivity index (χ2n) is 8.97. The fourth-order valence-corrected chi connectivity index (χ4v) is 6.64. The third kappa shape index (κ3) is 6.50. The molecule has 3 aromatic rings. The molecule has 0 saturated carbocycles. The van der Waals surface area contributed by atoms with E-state index in [1.54, 1.807) is 7.11 Å². The SMILES string of the molecule is CCn1c(SCC(=O)Nc2sc3c(c2C(=O)OC)CCCCCC3)nnc1C(C)Oc1ccc(OC)cc1. The van der Waals surface area contributed by atoms with Gasteiger partial charge in [0.25, 0.3) is 0 Å². The molecule has 0 saturated heterocycles. The molecule has 38 heavy (non-hydrogen) atoms. The predicted octanol–water partition coefficient (Wildman–Crippen LogP) is 5.68. The highest BCUT2D eigenvalue weighted by molar-refractivity contribution is 7.99. The van der Waals surface area contributed by atoms with Crippen molar-refractivity contribution in [2.75, 3.05) is 25.3 Å². The lowest BCUT2D eigenvalue weighted by atomic mass is 9.96. The van der Waals surface area contributed by atoms with Crippen LogP contribution in [0, 0.1) is 0 Å². The van der Waals surface area contributed by atoms with Gasteiger partial charge in [-0.25, -0.2) is 4.79 Å². The van der Waals surface area contributed by atoms with E-state index >= 15 is 0 Å². The molecule has 1 N–H and O–H groups in total. The van der Waals surface area contributed by atoms with Gasteiger partial charge in [-0.1, -0.05) is 24.6 Å². The van der Waals surface area contributed by atoms with Gasteiger partial charge in [0, 0.05) is 11.4 Å². The van der Waals surface area contributed by atoms with E-state index in [9.17, 15) is 9.59 Å². The molecule has 11 heteroatoms. The number of carbonyl (C=O) groups excluding carboxylic acids is 2. The summed E-state index contributed by atoms with van der Waals surface area (Å²) in [7, 11) is 3.00. The largest absolute Gasteiger partial charge is 0.497 e. The molecule has 0 spiro atoms. The molecule has 0 aliphatic heterocycles. The fraction of sp³-hybridized carbons (Fsp3) is 0.481. The van der Waals surface area contributed by atoms with E-state index in [2.05, 4.69) is 15.5 Å². The highest BCUT2D eigenvalue weighted by Gasteiger charge is 2.26. The lowest BCUT2D eigenvalue weighted by molar-refractivity contribution is -0.113. The van der Waals surface area contributed by atoms with E-state index in [0.29, 0.717) is 33.8 Å². The minimum absolute atomic E-state index is 0.134. The quantitative estimate of drug-likeness (QED) is 0.250. The molecular weight excluding hydrogens is 524 g/mol. The number of nitrogens with zero attached hydrogens (tertiary/aromatic N) is 3. The van der Waals surface area contributed by atoms with Crippen molar-refractivity contribution in [3.63, 3.8) is 0 Å². The monoisotopic (exact) mass is 558 g/mol. The van der Waals surface area contributed by atoms with Gasteiger partial charge in [0.05, 0.1) is 25.5 Å². The number of anilines is 1. The van der Waals surface area contributed by atoms with Crippen molar-refractivity contribution in [1.82, 2.24) is 14.8 Å². The molecule has 1 aromatic carbocycles. The summed E-state index contributed by atoms with van der Waals surface area (Å²) < 4.78 is 18.3. The minimum Gasteiger partial charge on any atom is -0.497 e. The van der Waals surface area contributed by atoms with Gasteiger partial charge in [-0.2, -0.15) is 0 Å². The number of thiophene rings is 1. The zero-order chi connectivity index (χ0) is 27.1. The topological polar surface area (TPSA) is 105 Å². The second kappa shape index (κ2) is 13.1. The Balaban J connectivity index is 1.43. The van der Waals surface area contributed by atoms with Gasteiger partial charge in [-0.05, 0) is 69.4 Å². The summed E-state index contributed by atoms with van der Waals surface area (Å²) in [5, 5.41) is 12.8. The normalized spacial score (nSPS) is 14.1. The lowest BCUT2D eigenvalue weighted by Gasteiger charge is -2.15. The zero-order valence-corrected chi connectivity index (χ0v) is 23.9. The van der Waals surface area contributed by atoms with E-state index in [-0.39, 0.29) is 17.8 Å². The van der Waals surface area contributed by atoms with Gasteiger partial charge < -0.3 is 24.1 Å². The van der Waals surface area contributed by atoms with Crippen LogP contribution in [0.25, 0.3) is 0 Å². The smallest absolute Gasteiger partial charge is 0.341 e. The van der Waals surface area contributed by atoms with Crippen LogP contribution in [0.4, 0.5) is 5.00 Å². The average Bonchev–Trinajstić information content (AvgIpc) is 3.47. The van der Waals surface area contributed by atoms with Crippen molar-refractivity contribution in [1.29, 1.82) is 0 Å². The Bertz CT molecular complexity index is 1260. The van der Waals surface area contributed by atoms with E-state index in [1.165, 1.54) is 41.5 Å². The van der Waals surface area contributed by atoms with E-state index in [0.717, 1.165) is 43.4 Å². The third-order valence-corrected chi connectivity index (χ3v) is 8.62. The van der Waals surface area contributed by atoms with E-state index in [1.807, 2.05) is 42.7 Å². The molecular formula is C27H34N4O5S2. The second-order valence-corrected chi connectivity index (χ2v) is 11.0. The van der Waals surface area contributed by atoms with Crippen LogP contribution in [0.15, 0.2) is 29.4 Å². The minimum atomic E-state index is -0.396. The van der Waals surface area contributed by atoms with Crippen LogP contribution in [0.5, 0.6) is 11.5 Å². The van der Waals surface area contributed by atoms with Gasteiger partial charge in [0.2, 0.25) is 5.91 Å². The van der Waals surface area contributed by atoms with Crippen molar-refractivity contribution >= 4 is 40.0 Å². The first-order chi connectivity index (χ1) is 18.4. The van der Waals surface area contributed by atoms with Crippen LogP contribution in [-0.2, 0) is 28.9 Å². The summed E-state index contributed by atoms with van der Waals surface area (Å²) in [6, 6.07) is 7.36. The molecule has 1 atom stereocenters. The van der Waals surface area contributed by atoms with Crippen molar-refractivity contribution in [3.05, 3.63) is 46.1 Å². The average molecular weight is 559 g/mol. The first-order valence-electron chi connectivity index (χ1n) is 12.8. The van der Waals surface area contributed by atoms with Crippen LogP contribution in [0.2, 0.25) is 0 Å². The Kier molecular flexibility index (Phi) is 9.68. The number of hydrogen-bond acceptors (Lipinski definition) is 9. The summed E-state index contributed by atoms with van der Waals surface area (Å²) in [5.41, 5.74) is 1.54. The van der Waals surface area contributed by atoms with Crippen molar-refractivity contribution in [2.24, 2.45) is 0 Å². The Labute approximate surface area is 231 Å². The first kappa shape index (κ1) is 28.0. The number of ether oxygens (including phenoxy) is 3. The van der Waals surface area contributed by atoms with E-state index in [4.69, 9.17) is 14.2 Å². The summed E-state index contributed by atoms with van der Waals surface area (Å²) in [6.45, 7) is 4.55.